The van der Waals surface area contributed by atoms with Gasteiger partial charge in [0.2, 0.25) is 0 Å². The van der Waals surface area contributed by atoms with Crippen molar-refractivity contribution in [1.82, 2.24) is 0 Å². The number of likely N-dealkylation sites (N-methyl/N-ethyl adjacent to an activating group) is 1. The third-order valence-electron chi connectivity index (χ3n) is 2.72. The Morgan fingerprint density at radius 3 is 2.18 bits per heavy atom. The maximum absolute atomic E-state index is 5.43. The molecule has 0 radical (unpaired) electrons. The van der Waals surface area contributed by atoms with Crippen molar-refractivity contribution >= 4 is 0 Å². The molecule has 2 nitrogen and oxygen atoms in total. The van der Waals surface area contributed by atoms with Gasteiger partial charge in [-0.25, -0.2) is 0 Å². The van der Waals surface area contributed by atoms with Gasteiger partial charge in [0, 0.05) is 13.5 Å². The second-order valence-corrected chi connectivity index (χ2v) is 4.39. The van der Waals surface area contributed by atoms with Crippen molar-refractivity contribution in [3.8, 4) is 0 Å². The van der Waals surface area contributed by atoms with Crippen molar-refractivity contribution in [3.63, 3.8) is 0 Å². The molecule has 0 aromatic carbocycles. The van der Waals surface area contributed by atoms with E-state index < -0.39 is 0 Å². The van der Waals surface area contributed by atoms with E-state index in [0.29, 0.717) is 12.1 Å². The van der Waals surface area contributed by atoms with Gasteiger partial charge in [0.25, 0.3) is 0 Å². The number of hydrogen-bond acceptors (Lipinski definition) is 1. The molecule has 2 heteroatoms. The molecule has 0 aliphatic heterocycles. The summed E-state index contributed by atoms with van der Waals surface area (Å²) in [5.74, 6) is 0. The molecule has 1 rings (SSSR count). The smallest absolute Gasteiger partial charge is 0.115 e. The molecule has 1 aliphatic rings. The molecule has 11 heavy (non-hydrogen) atoms. The highest BCUT2D eigenvalue weighted by Gasteiger charge is 2.36. The van der Waals surface area contributed by atoms with Gasteiger partial charge in [-0.2, -0.15) is 0 Å². The van der Waals surface area contributed by atoms with E-state index in [2.05, 4.69) is 21.1 Å². The molecule has 2 unspecified atom stereocenters. The van der Waals surface area contributed by atoms with Gasteiger partial charge in [0.05, 0.1) is 21.1 Å². The quantitative estimate of drug-likeness (QED) is 0.550. The SMILES string of the molecule is COC1CCCC1[N+](C)(C)C. The van der Waals surface area contributed by atoms with Crippen molar-refractivity contribution in [2.75, 3.05) is 28.3 Å². The van der Waals surface area contributed by atoms with Crippen molar-refractivity contribution in [2.24, 2.45) is 0 Å². The van der Waals surface area contributed by atoms with Gasteiger partial charge in [0.15, 0.2) is 0 Å². The van der Waals surface area contributed by atoms with E-state index in [1.807, 2.05) is 7.11 Å². The van der Waals surface area contributed by atoms with Crippen LogP contribution in [0.15, 0.2) is 0 Å². The molecule has 1 aliphatic carbocycles. The maximum atomic E-state index is 5.43. The van der Waals surface area contributed by atoms with Gasteiger partial charge in [-0.15, -0.1) is 0 Å². The molecule has 66 valence electrons. The normalized spacial score (nSPS) is 32.7. The van der Waals surface area contributed by atoms with Crippen LogP contribution in [0.2, 0.25) is 0 Å². The maximum Gasteiger partial charge on any atom is 0.115 e. The third-order valence-corrected chi connectivity index (χ3v) is 2.72. The molecule has 2 atom stereocenters. The molecule has 0 heterocycles. The monoisotopic (exact) mass is 158 g/mol. The van der Waals surface area contributed by atoms with Crippen molar-refractivity contribution in [1.29, 1.82) is 0 Å². The predicted octanol–water partition coefficient (Wildman–Crippen LogP) is 1.26. The zero-order valence-electron chi connectivity index (χ0n) is 8.13. The molecule has 0 spiro atoms. The summed E-state index contributed by atoms with van der Waals surface area (Å²) in [4.78, 5) is 0. The van der Waals surface area contributed by atoms with Gasteiger partial charge < -0.3 is 9.22 Å². The fraction of sp³-hybridized carbons (Fsp3) is 1.00. The van der Waals surface area contributed by atoms with E-state index in [4.69, 9.17) is 4.74 Å². The van der Waals surface area contributed by atoms with Crippen LogP contribution in [0.5, 0.6) is 0 Å². The minimum Gasteiger partial charge on any atom is -0.375 e. The summed E-state index contributed by atoms with van der Waals surface area (Å²) in [6.45, 7) is 0. The van der Waals surface area contributed by atoms with Gasteiger partial charge in [-0.05, 0) is 12.8 Å². The van der Waals surface area contributed by atoms with E-state index in [1.165, 1.54) is 19.3 Å². The summed E-state index contributed by atoms with van der Waals surface area (Å²) in [7, 11) is 8.59. The Hall–Kier alpha value is -0.0800. The van der Waals surface area contributed by atoms with Gasteiger partial charge >= 0.3 is 0 Å². The van der Waals surface area contributed by atoms with Crippen LogP contribution in [0.3, 0.4) is 0 Å². The Kier molecular flexibility index (Phi) is 2.55. The van der Waals surface area contributed by atoms with Crippen LogP contribution in [-0.2, 0) is 4.74 Å². The van der Waals surface area contributed by atoms with Crippen molar-refractivity contribution < 1.29 is 9.22 Å². The number of nitrogens with zero attached hydrogens (tertiary/aromatic N) is 1. The Morgan fingerprint density at radius 1 is 1.18 bits per heavy atom. The minimum absolute atomic E-state index is 0.495. The lowest BCUT2D eigenvalue weighted by atomic mass is 10.1. The standard InChI is InChI=1S/C9H20NO/c1-10(2,3)8-6-5-7-9(8)11-4/h8-9H,5-7H2,1-4H3/q+1. The molecular weight excluding hydrogens is 138 g/mol. The average molecular weight is 158 g/mol. The first kappa shape index (κ1) is 9.01. The fourth-order valence-electron chi connectivity index (χ4n) is 2.07. The first-order valence-electron chi connectivity index (χ1n) is 4.39. The summed E-state index contributed by atoms with van der Waals surface area (Å²) in [5, 5.41) is 0. The zero-order chi connectivity index (χ0) is 8.48. The molecule has 0 aromatic rings. The first-order chi connectivity index (χ1) is 5.05. The van der Waals surface area contributed by atoms with Gasteiger partial charge in [0.1, 0.15) is 12.1 Å². The van der Waals surface area contributed by atoms with Crippen LogP contribution in [0.4, 0.5) is 0 Å². The average Bonchev–Trinajstić information content (AvgIpc) is 2.31. The summed E-state index contributed by atoms with van der Waals surface area (Å²) in [6, 6.07) is 0.708. The van der Waals surface area contributed by atoms with E-state index in [1.54, 1.807) is 0 Å². The molecule has 0 amide bonds. The molecule has 0 saturated heterocycles. The van der Waals surface area contributed by atoms with E-state index in [9.17, 15) is 0 Å². The largest absolute Gasteiger partial charge is 0.375 e. The number of rotatable bonds is 2. The molecule has 0 N–H and O–H groups in total. The number of methoxy groups -OCH3 is 1. The van der Waals surface area contributed by atoms with Crippen LogP contribution >= 0.6 is 0 Å². The summed E-state index contributed by atoms with van der Waals surface area (Å²) < 4.78 is 6.47. The van der Waals surface area contributed by atoms with Crippen molar-refractivity contribution in [2.45, 2.75) is 31.4 Å². The summed E-state index contributed by atoms with van der Waals surface area (Å²) in [6.07, 6.45) is 4.40. The second kappa shape index (κ2) is 3.11. The van der Waals surface area contributed by atoms with Gasteiger partial charge in [-0.1, -0.05) is 0 Å². The second-order valence-electron chi connectivity index (χ2n) is 4.39. The Morgan fingerprint density at radius 2 is 1.82 bits per heavy atom. The molecule has 0 bridgehead atoms. The highest BCUT2D eigenvalue weighted by Crippen LogP contribution is 2.27. The van der Waals surface area contributed by atoms with Crippen LogP contribution in [0.25, 0.3) is 0 Å². The zero-order valence-corrected chi connectivity index (χ0v) is 8.13. The fourth-order valence-corrected chi connectivity index (χ4v) is 2.07. The van der Waals surface area contributed by atoms with Crippen LogP contribution in [0.1, 0.15) is 19.3 Å². The van der Waals surface area contributed by atoms with E-state index >= 15 is 0 Å². The van der Waals surface area contributed by atoms with Crippen LogP contribution in [0, 0.1) is 0 Å². The summed E-state index contributed by atoms with van der Waals surface area (Å²) in [5.41, 5.74) is 0. The lowest BCUT2D eigenvalue weighted by Gasteiger charge is -2.34. The topological polar surface area (TPSA) is 9.23 Å². The molecule has 0 aromatic heterocycles. The minimum atomic E-state index is 0.495. The molecular formula is C9H20NO+. The van der Waals surface area contributed by atoms with Crippen LogP contribution in [-0.4, -0.2) is 44.9 Å². The number of quaternary nitrogens is 1. The lowest BCUT2D eigenvalue weighted by molar-refractivity contribution is -0.898. The van der Waals surface area contributed by atoms with E-state index in [-0.39, 0.29) is 0 Å². The number of ether oxygens (including phenoxy) is 1. The lowest BCUT2D eigenvalue weighted by Crippen LogP contribution is -2.49. The Balaban J connectivity index is 2.57. The molecule has 1 fully saturated rings. The van der Waals surface area contributed by atoms with Crippen molar-refractivity contribution in [3.05, 3.63) is 0 Å². The van der Waals surface area contributed by atoms with Crippen LogP contribution < -0.4 is 0 Å². The third kappa shape index (κ3) is 1.94. The number of hydrogen-bond donors (Lipinski definition) is 0. The first-order valence-corrected chi connectivity index (χ1v) is 4.39. The predicted molar refractivity (Wildman–Crippen MR) is 46.5 cm³/mol. The highest BCUT2D eigenvalue weighted by molar-refractivity contribution is 4.78. The Bertz CT molecular complexity index is 128. The summed E-state index contributed by atoms with van der Waals surface area (Å²) >= 11 is 0. The van der Waals surface area contributed by atoms with E-state index in [0.717, 1.165) is 4.48 Å². The van der Waals surface area contributed by atoms with Gasteiger partial charge in [-0.3, -0.25) is 0 Å². The molecule has 1 saturated carbocycles. The highest BCUT2D eigenvalue weighted by atomic mass is 16.5. The Labute approximate surface area is 69.7 Å².